The summed E-state index contributed by atoms with van der Waals surface area (Å²) in [6.45, 7) is 0.751. The van der Waals surface area contributed by atoms with Crippen molar-refractivity contribution in [2.45, 2.75) is 37.1 Å². The first-order chi connectivity index (χ1) is 15.1. The maximum absolute atomic E-state index is 14.7. The number of halogens is 2. The van der Waals surface area contributed by atoms with Crippen molar-refractivity contribution < 1.29 is 13.3 Å². The zero-order chi connectivity index (χ0) is 20.7. The van der Waals surface area contributed by atoms with Crippen molar-refractivity contribution in [2.24, 2.45) is 5.92 Å². The van der Waals surface area contributed by atoms with E-state index in [2.05, 4.69) is 15.2 Å². The summed E-state index contributed by atoms with van der Waals surface area (Å²) in [5, 5.41) is 8.60. The summed E-state index contributed by atoms with van der Waals surface area (Å²) in [6, 6.07) is 7.59. The lowest BCUT2D eigenvalue weighted by molar-refractivity contribution is 0.424. The van der Waals surface area contributed by atoms with Gasteiger partial charge in [-0.3, -0.25) is 0 Å². The van der Waals surface area contributed by atoms with Crippen LogP contribution in [0.25, 0.3) is 17.0 Å². The van der Waals surface area contributed by atoms with Crippen molar-refractivity contribution in [1.82, 2.24) is 19.8 Å². The Labute approximate surface area is 176 Å². The van der Waals surface area contributed by atoms with Crippen LogP contribution in [0.2, 0.25) is 0 Å². The van der Waals surface area contributed by atoms with Crippen molar-refractivity contribution in [3.05, 3.63) is 65.6 Å². The molecule has 2 aliphatic carbocycles. The monoisotopic (exact) mass is 419 g/mol. The molecular formula is C23H19F2N5O. The van der Waals surface area contributed by atoms with Gasteiger partial charge >= 0.3 is 0 Å². The summed E-state index contributed by atoms with van der Waals surface area (Å²) >= 11 is 0. The first-order valence-corrected chi connectivity index (χ1v) is 10.7. The molecule has 4 heterocycles. The van der Waals surface area contributed by atoms with Crippen LogP contribution in [0.4, 0.5) is 14.6 Å². The number of rotatable bonds is 4. The van der Waals surface area contributed by atoms with E-state index in [9.17, 15) is 8.78 Å². The summed E-state index contributed by atoms with van der Waals surface area (Å²) < 4.78 is 35.9. The van der Waals surface area contributed by atoms with Crippen LogP contribution in [0, 0.1) is 17.6 Å². The molecule has 2 saturated carbocycles. The highest BCUT2D eigenvalue weighted by Gasteiger charge is 2.64. The highest BCUT2D eigenvalue weighted by atomic mass is 19.1. The maximum atomic E-state index is 14.7. The SMILES string of the molecule is Fc1ccc(F)c([C@@]23C[C@@H]2CCN3c2ccn3ncc(-c4cc(C5CC5)no4)c3n2)c1. The zero-order valence-corrected chi connectivity index (χ0v) is 16.6. The smallest absolute Gasteiger partial charge is 0.172 e. The van der Waals surface area contributed by atoms with Gasteiger partial charge in [0.25, 0.3) is 0 Å². The van der Waals surface area contributed by atoms with Gasteiger partial charge in [-0.05, 0) is 55.9 Å². The van der Waals surface area contributed by atoms with Gasteiger partial charge in [0, 0.05) is 30.3 Å². The third kappa shape index (κ3) is 2.44. The average Bonchev–Trinajstić information content (AvgIpc) is 3.60. The van der Waals surface area contributed by atoms with Crippen LogP contribution in [0.1, 0.15) is 42.9 Å². The number of hydrogen-bond acceptors (Lipinski definition) is 5. The fourth-order valence-corrected chi connectivity index (χ4v) is 5.27. The van der Waals surface area contributed by atoms with Gasteiger partial charge < -0.3 is 9.42 Å². The van der Waals surface area contributed by atoms with E-state index in [4.69, 9.17) is 9.51 Å². The standard InChI is InChI=1S/C23H19F2N5O/c24-15-3-4-18(25)17(9-15)23-11-14(23)5-7-29(23)21-6-8-30-22(27-21)16(12-26-30)20-10-19(28-31-20)13-1-2-13/h3-4,6,8-10,12-14H,1-2,5,7,11H2/t14-,23+/m0/s1. The molecule has 6 nitrogen and oxygen atoms in total. The molecule has 1 aromatic carbocycles. The van der Waals surface area contributed by atoms with Gasteiger partial charge in [-0.2, -0.15) is 5.10 Å². The number of aromatic nitrogens is 4. The van der Waals surface area contributed by atoms with Gasteiger partial charge in [-0.1, -0.05) is 5.16 Å². The second kappa shape index (κ2) is 5.90. The Balaban J connectivity index is 1.32. The highest BCUT2D eigenvalue weighted by molar-refractivity contribution is 5.75. The van der Waals surface area contributed by atoms with E-state index in [1.165, 1.54) is 18.2 Å². The minimum Gasteiger partial charge on any atom is -0.356 e. The van der Waals surface area contributed by atoms with Crippen LogP contribution in [0.5, 0.6) is 0 Å². The number of fused-ring (bicyclic) bond motifs is 2. The molecule has 0 N–H and O–H groups in total. The molecule has 0 amide bonds. The second-order valence-corrected chi connectivity index (χ2v) is 8.89. The number of hydrogen-bond donors (Lipinski definition) is 0. The lowest BCUT2D eigenvalue weighted by Gasteiger charge is -2.30. The number of piperidine rings is 1. The van der Waals surface area contributed by atoms with Crippen molar-refractivity contribution in [1.29, 1.82) is 0 Å². The minimum atomic E-state index is -0.525. The van der Waals surface area contributed by atoms with E-state index in [0.29, 0.717) is 28.8 Å². The molecule has 156 valence electrons. The van der Waals surface area contributed by atoms with E-state index in [-0.39, 0.29) is 5.82 Å². The van der Waals surface area contributed by atoms with Gasteiger partial charge in [0.2, 0.25) is 0 Å². The van der Waals surface area contributed by atoms with E-state index < -0.39 is 11.4 Å². The Hall–Kier alpha value is -3.29. The van der Waals surface area contributed by atoms with Crippen LogP contribution in [-0.4, -0.2) is 26.3 Å². The molecule has 31 heavy (non-hydrogen) atoms. The van der Waals surface area contributed by atoms with Crippen LogP contribution in [0.15, 0.2) is 47.2 Å². The van der Waals surface area contributed by atoms with Gasteiger partial charge in [0.15, 0.2) is 11.4 Å². The average molecular weight is 419 g/mol. The fourth-order valence-electron chi connectivity index (χ4n) is 5.27. The van der Waals surface area contributed by atoms with Gasteiger partial charge in [-0.15, -0.1) is 0 Å². The molecule has 2 atom stereocenters. The number of anilines is 1. The summed E-state index contributed by atoms with van der Waals surface area (Å²) in [7, 11) is 0. The minimum absolute atomic E-state index is 0.307. The van der Waals surface area contributed by atoms with Crippen LogP contribution in [0.3, 0.4) is 0 Å². The quantitative estimate of drug-likeness (QED) is 0.481. The molecule has 3 aromatic heterocycles. The molecule has 8 heteroatoms. The van der Waals surface area contributed by atoms with Crippen LogP contribution >= 0.6 is 0 Å². The molecule has 4 aromatic rings. The molecule has 3 fully saturated rings. The molecule has 0 radical (unpaired) electrons. The number of benzene rings is 1. The van der Waals surface area contributed by atoms with Gasteiger partial charge in [0.1, 0.15) is 17.5 Å². The van der Waals surface area contributed by atoms with E-state index in [1.54, 1.807) is 10.7 Å². The molecule has 0 bridgehead atoms. The first kappa shape index (κ1) is 17.4. The summed E-state index contributed by atoms with van der Waals surface area (Å²) in [5.74, 6) is 1.41. The van der Waals surface area contributed by atoms with Crippen molar-refractivity contribution in [3.63, 3.8) is 0 Å². The van der Waals surface area contributed by atoms with E-state index in [1.807, 2.05) is 18.3 Å². The molecule has 7 rings (SSSR count). The van der Waals surface area contributed by atoms with Crippen molar-refractivity contribution >= 4 is 11.5 Å². The van der Waals surface area contributed by atoms with Gasteiger partial charge in [0.05, 0.1) is 23.0 Å². The van der Waals surface area contributed by atoms with Crippen LogP contribution in [-0.2, 0) is 5.54 Å². The molecule has 0 unspecified atom stereocenters. The predicted octanol–water partition coefficient (Wildman–Crippen LogP) is 4.67. The lowest BCUT2D eigenvalue weighted by Crippen LogP contribution is -2.34. The van der Waals surface area contributed by atoms with Crippen LogP contribution < -0.4 is 4.90 Å². The highest BCUT2D eigenvalue weighted by Crippen LogP contribution is 2.63. The lowest BCUT2D eigenvalue weighted by atomic mass is 10.0. The Morgan fingerprint density at radius 2 is 2.00 bits per heavy atom. The molecule has 1 aliphatic heterocycles. The topological polar surface area (TPSA) is 59.5 Å². The maximum Gasteiger partial charge on any atom is 0.172 e. The second-order valence-electron chi connectivity index (χ2n) is 8.89. The third-order valence-corrected chi connectivity index (χ3v) is 7.07. The summed E-state index contributed by atoms with van der Waals surface area (Å²) in [6.07, 6.45) is 7.62. The molecule has 0 spiro atoms. The fraction of sp³-hybridized carbons (Fsp3) is 0.348. The Kier molecular flexibility index (Phi) is 3.31. The normalized spacial score (nSPS) is 24.7. The Morgan fingerprint density at radius 3 is 2.84 bits per heavy atom. The van der Waals surface area contributed by atoms with E-state index >= 15 is 0 Å². The van der Waals surface area contributed by atoms with Crippen molar-refractivity contribution in [2.75, 3.05) is 11.4 Å². The molecular weight excluding hydrogens is 400 g/mol. The summed E-state index contributed by atoms with van der Waals surface area (Å²) in [5.41, 5.74) is 2.32. The zero-order valence-electron chi connectivity index (χ0n) is 16.6. The third-order valence-electron chi connectivity index (χ3n) is 7.07. The summed E-state index contributed by atoms with van der Waals surface area (Å²) in [4.78, 5) is 7.01. The first-order valence-electron chi connectivity index (χ1n) is 10.7. The largest absolute Gasteiger partial charge is 0.356 e. The van der Waals surface area contributed by atoms with E-state index in [0.717, 1.165) is 49.3 Å². The molecule has 3 aliphatic rings. The van der Waals surface area contributed by atoms with Crippen molar-refractivity contribution in [3.8, 4) is 11.3 Å². The Morgan fingerprint density at radius 1 is 1.10 bits per heavy atom. The predicted molar refractivity (Wildman–Crippen MR) is 109 cm³/mol. The number of nitrogens with zero attached hydrogens (tertiary/aromatic N) is 5. The van der Waals surface area contributed by atoms with Gasteiger partial charge in [-0.25, -0.2) is 18.3 Å². The Bertz CT molecular complexity index is 1340. The molecule has 1 saturated heterocycles.